The van der Waals surface area contributed by atoms with E-state index in [0.29, 0.717) is 5.69 Å². The third-order valence-electron chi connectivity index (χ3n) is 3.64. The third kappa shape index (κ3) is 4.24. The molecule has 1 amide bonds. The molecule has 0 bridgehead atoms. The maximum Gasteiger partial charge on any atom is 0.273 e. The summed E-state index contributed by atoms with van der Waals surface area (Å²) in [5, 5.41) is 18.1. The minimum absolute atomic E-state index is 0.0358. The second-order valence-electron chi connectivity index (χ2n) is 5.62. The molecule has 0 aliphatic heterocycles. The lowest BCUT2D eigenvalue weighted by molar-refractivity contribution is 0.0933. The van der Waals surface area contributed by atoms with Crippen LogP contribution in [0, 0.1) is 0 Å². The molecular weight excluding hydrogens is 342 g/mol. The van der Waals surface area contributed by atoms with Gasteiger partial charge in [0.2, 0.25) is 0 Å². The Kier molecular flexibility index (Phi) is 5.26. The minimum atomic E-state index is -2.56. The number of carbonyl (C=O) groups is 1. The normalized spacial score (nSPS) is 12.2. The molecule has 134 valence electrons. The number of alkyl halides is 2. The maximum atomic E-state index is 12.3. The van der Waals surface area contributed by atoms with Gasteiger partial charge in [-0.15, -0.1) is 5.10 Å². The zero-order valence-corrected chi connectivity index (χ0v) is 13.9. The number of aromatic nitrogens is 5. The number of halogens is 2. The summed E-state index contributed by atoms with van der Waals surface area (Å²) in [4.78, 5) is 12.2. The van der Waals surface area contributed by atoms with Gasteiger partial charge in [0.1, 0.15) is 6.54 Å². The fourth-order valence-corrected chi connectivity index (χ4v) is 2.31. The SMILES string of the molecule is CC(NC(=O)c1cn(CC(F)F)nn1)c1ccc(-c2ccccc2)nn1. The van der Waals surface area contributed by atoms with Crippen LogP contribution in [0.3, 0.4) is 0 Å². The smallest absolute Gasteiger partial charge is 0.273 e. The van der Waals surface area contributed by atoms with Gasteiger partial charge in [-0.25, -0.2) is 13.5 Å². The molecule has 2 heterocycles. The van der Waals surface area contributed by atoms with Gasteiger partial charge in [-0.1, -0.05) is 35.5 Å². The van der Waals surface area contributed by atoms with E-state index >= 15 is 0 Å². The van der Waals surface area contributed by atoms with Crippen molar-refractivity contribution in [2.45, 2.75) is 25.9 Å². The Morgan fingerprint density at radius 2 is 1.88 bits per heavy atom. The molecular formula is C17H16F2N6O. The van der Waals surface area contributed by atoms with Gasteiger partial charge in [-0.05, 0) is 19.1 Å². The first-order valence-electron chi connectivity index (χ1n) is 7.91. The Morgan fingerprint density at radius 1 is 1.12 bits per heavy atom. The molecule has 3 rings (SSSR count). The Bertz CT molecular complexity index is 866. The largest absolute Gasteiger partial charge is 0.342 e. The van der Waals surface area contributed by atoms with E-state index in [2.05, 4.69) is 25.8 Å². The molecule has 0 saturated heterocycles. The third-order valence-corrected chi connectivity index (χ3v) is 3.64. The van der Waals surface area contributed by atoms with Crippen LogP contribution in [0.2, 0.25) is 0 Å². The number of benzene rings is 1. The van der Waals surface area contributed by atoms with Crippen LogP contribution >= 0.6 is 0 Å². The van der Waals surface area contributed by atoms with Crippen molar-refractivity contribution >= 4 is 5.91 Å². The van der Waals surface area contributed by atoms with Gasteiger partial charge >= 0.3 is 0 Å². The molecule has 0 saturated carbocycles. The van der Waals surface area contributed by atoms with Crippen molar-refractivity contribution in [2.24, 2.45) is 0 Å². The number of hydrogen-bond acceptors (Lipinski definition) is 5. The average molecular weight is 358 g/mol. The predicted molar refractivity (Wildman–Crippen MR) is 89.4 cm³/mol. The molecule has 0 spiro atoms. The van der Waals surface area contributed by atoms with Crippen LogP contribution in [0.4, 0.5) is 8.78 Å². The maximum absolute atomic E-state index is 12.3. The van der Waals surface area contributed by atoms with Crippen molar-refractivity contribution in [3.05, 3.63) is 60.0 Å². The number of carbonyl (C=O) groups excluding carboxylic acids is 1. The lowest BCUT2D eigenvalue weighted by atomic mass is 10.1. The van der Waals surface area contributed by atoms with Crippen LogP contribution in [0.5, 0.6) is 0 Å². The highest BCUT2D eigenvalue weighted by atomic mass is 19.3. The standard InChI is InChI=1S/C17H16F2N6O/c1-11(20-17(26)15-9-25(24-23-15)10-16(18)19)13-7-8-14(22-21-13)12-5-3-2-4-6-12/h2-9,11,16H,10H2,1H3,(H,20,26). The van der Waals surface area contributed by atoms with Crippen molar-refractivity contribution in [3.63, 3.8) is 0 Å². The quantitative estimate of drug-likeness (QED) is 0.732. The van der Waals surface area contributed by atoms with Crippen LogP contribution < -0.4 is 5.32 Å². The predicted octanol–water partition coefficient (Wildman–Crippen LogP) is 2.49. The molecule has 3 aromatic rings. The summed E-state index contributed by atoms with van der Waals surface area (Å²) in [6, 6.07) is 12.8. The second kappa shape index (κ2) is 7.77. The van der Waals surface area contributed by atoms with Crippen molar-refractivity contribution in [1.29, 1.82) is 0 Å². The zero-order chi connectivity index (χ0) is 18.5. The van der Waals surface area contributed by atoms with Crippen molar-refractivity contribution in [3.8, 4) is 11.3 Å². The molecule has 26 heavy (non-hydrogen) atoms. The van der Waals surface area contributed by atoms with Gasteiger partial charge in [0.25, 0.3) is 12.3 Å². The van der Waals surface area contributed by atoms with Gasteiger partial charge in [0, 0.05) is 5.56 Å². The topological polar surface area (TPSA) is 85.6 Å². The zero-order valence-electron chi connectivity index (χ0n) is 13.9. The fraction of sp³-hybridized carbons (Fsp3) is 0.235. The first kappa shape index (κ1) is 17.6. The molecule has 1 aromatic carbocycles. The molecule has 1 atom stereocenters. The summed E-state index contributed by atoms with van der Waals surface area (Å²) in [6.45, 7) is 1.13. The van der Waals surface area contributed by atoms with Crippen LogP contribution in [0.15, 0.2) is 48.7 Å². The molecule has 0 aliphatic carbocycles. The molecule has 2 aromatic heterocycles. The lowest BCUT2D eigenvalue weighted by Gasteiger charge is -2.12. The van der Waals surface area contributed by atoms with Crippen LogP contribution in [0.25, 0.3) is 11.3 Å². The van der Waals surface area contributed by atoms with E-state index in [-0.39, 0.29) is 5.69 Å². The Labute approximate surface area is 148 Å². The summed E-state index contributed by atoms with van der Waals surface area (Å²) in [7, 11) is 0. The molecule has 7 nitrogen and oxygen atoms in total. The molecule has 1 unspecified atom stereocenters. The highest BCUT2D eigenvalue weighted by molar-refractivity contribution is 5.92. The van der Waals surface area contributed by atoms with E-state index in [0.717, 1.165) is 15.9 Å². The minimum Gasteiger partial charge on any atom is -0.342 e. The van der Waals surface area contributed by atoms with Crippen LogP contribution in [-0.4, -0.2) is 37.5 Å². The summed E-state index contributed by atoms with van der Waals surface area (Å²) in [5.74, 6) is -0.521. The van der Waals surface area contributed by atoms with E-state index < -0.39 is 24.9 Å². The lowest BCUT2D eigenvalue weighted by Crippen LogP contribution is -2.27. The van der Waals surface area contributed by atoms with Gasteiger partial charge in [0.15, 0.2) is 5.69 Å². The van der Waals surface area contributed by atoms with E-state index in [1.54, 1.807) is 13.0 Å². The number of nitrogens with zero attached hydrogens (tertiary/aromatic N) is 5. The van der Waals surface area contributed by atoms with Gasteiger partial charge in [-0.2, -0.15) is 10.2 Å². The van der Waals surface area contributed by atoms with E-state index in [1.165, 1.54) is 6.20 Å². The second-order valence-corrected chi connectivity index (χ2v) is 5.62. The fourth-order valence-electron chi connectivity index (χ4n) is 2.31. The number of rotatable bonds is 6. The Morgan fingerprint density at radius 3 is 2.54 bits per heavy atom. The van der Waals surface area contributed by atoms with Crippen molar-refractivity contribution in [2.75, 3.05) is 0 Å². The van der Waals surface area contributed by atoms with Crippen molar-refractivity contribution in [1.82, 2.24) is 30.5 Å². The molecule has 9 heteroatoms. The number of hydrogen-bond donors (Lipinski definition) is 1. The first-order valence-corrected chi connectivity index (χ1v) is 7.91. The van der Waals surface area contributed by atoms with E-state index in [9.17, 15) is 13.6 Å². The average Bonchev–Trinajstić information content (AvgIpc) is 3.10. The van der Waals surface area contributed by atoms with Crippen LogP contribution in [-0.2, 0) is 6.54 Å². The summed E-state index contributed by atoms with van der Waals surface area (Å²) in [6.07, 6.45) is -1.39. The monoisotopic (exact) mass is 358 g/mol. The summed E-state index contributed by atoms with van der Waals surface area (Å²) < 4.78 is 25.6. The van der Waals surface area contributed by atoms with Gasteiger partial charge in [0.05, 0.1) is 23.6 Å². The van der Waals surface area contributed by atoms with Crippen LogP contribution in [0.1, 0.15) is 29.1 Å². The van der Waals surface area contributed by atoms with Gasteiger partial charge in [-0.3, -0.25) is 4.79 Å². The van der Waals surface area contributed by atoms with Crippen molar-refractivity contribution < 1.29 is 13.6 Å². The summed E-state index contributed by atoms with van der Waals surface area (Å²) >= 11 is 0. The Hall–Kier alpha value is -3.23. The highest BCUT2D eigenvalue weighted by Crippen LogP contribution is 2.17. The van der Waals surface area contributed by atoms with Gasteiger partial charge < -0.3 is 5.32 Å². The molecule has 0 aliphatic rings. The molecule has 0 fully saturated rings. The van der Waals surface area contributed by atoms with E-state index in [1.807, 2.05) is 36.4 Å². The Balaban J connectivity index is 1.65. The molecule has 1 N–H and O–H groups in total. The highest BCUT2D eigenvalue weighted by Gasteiger charge is 2.17. The summed E-state index contributed by atoms with van der Waals surface area (Å²) in [5.41, 5.74) is 2.20. The first-order chi connectivity index (χ1) is 12.5. The molecule has 0 radical (unpaired) electrons. The number of nitrogens with one attached hydrogen (secondary N) is 1. The van der Waals surface area contributed by atoms with E-state index in [4.69, 9.17) is 0 Å². The number of amides is 1.